The molecule has 0 aromatic heterocycles. The number of benzene rings is 1. The second-order valence-electron chi connectivity index (χ2n) is 6.08. The predicted molar refractivity (Wildman–Crippen MR) is 101 cm³/mol. The Hall–Kier alpha value is -1.19. The van der Waals surface area contributed by atoms with Gasteiger partial charge in [-0.15, -0.1) is 12.4 Å². The van der Waals surface area contributed by atoms with Crippen molar-refractivity contribution in [2.24, 2.45) is 5.73 Å². The zero-order valence-corrected chi connectivity index (χ0v) is 16.8. The molecule has 1 aliphatic rings. The molecular formula is C17H27ClN2O5S. The average molecular weight is 407 g/mol. The van der Waals surface area contributed by atoms with Gasteiger partial charge in [0.25, 0.3) is 0 Å². The second kappa shape index (κ2) is 10.2. The van der Waals surface area contributed by atoms with Crippen molar-refractivity contribution >= 4 is 28.4 Å². The molecule has 0 atom stereocenters. The lowest BCUT2D eigenvalue weighted by Crippen LogP contribution is -2.41. The van der Waals surface area contributed by atoms with E-state index < -0.39 is 16.0 Å². The van der Waals surface area contributed by atoms with Gasteiger partial charge < -0.3 is 15.2 Å². The van der Waals surface area contributed by atoms with Crippen molar-refractivity contribution in [2.75, 3.05) is 33.4 Å². The van der Waals surface area contributed by atoms with E-state index in [1.165, 1.54) is 23.5 Å². The van der Waals surface area contributed by atoms with Crippen LogP contribution in [0.25, 0.3) is 0 Å². The Morgan fingerprint density at radius 1 is 1.31 bits per heavy atom. The van der Waals surface area contributed by atoms with Gasteiger partial charge in [0.1, 0.15) is 0 Å². The standard InChI is InChI=1S/C17H26N2O5S.ClH/c1-13-4-5-15(12-16(13)17(20)23-2)25(21,22)19-9-6-14(7-10-19)24-11-3-8-18;/h4-5,12,14H,3,6-11,18H2,1-2H3;1H. The van der Waals surface area contributed by atoms with Gasteiger partial charge in [-0.05, 0) is 50.4 Å². The molecule has 0 unspecified atom stereocenters. The number of aryl methyl sites for hydroxylation is 1. The van der Waals surface area contributed by atoms with Crippen LogP contribution >= 0.6 is 12.4 Å². The lowest BCUT2D eigenvalue weighted by atomic mass is 10.1. The molecule has 9 heteroatoms. The summed E-state index contributed by atoms with van der Waals surface area (Å²) in [6.07, 6.45) is 2.18. The zero-order chi connectivity index (χ0) is 18.4. The van der Waals surface area contributed by atoms with E-state index in [0.717, 1.165) is 6.42 Å². The first-order chi connectivity index (χ1) is 11.9. The predicted octanol–water partition coefficient (Wildman–Crippen LogP) is 1.72. The van der Waals surface area contributed by atoms with Crippen LogP contribution < -0.4 is 5.73 Å². The fraction of sp³-hybridized carbons (Fsp3) is 0.588. The number of esters is 1. The van der Waals surface area contributed by atoms with Crippen LogP contribution in [0.5, 0.6) is 0 Å². The van der Waals surface area contributed by atoms with Gasteiger partial charge in [0.05, 0.1) is 23.7 Å². The van der Waals surface area contributed by atoms with E-state index in [2.05, 4.69) is 0 Å². The van der Waals surface area contributed by atoms with Gasteiger partial charge in [-0.3, -0.25) is 0 Å². The number of nitrogens with two attached hydrogens (primary N) is 1. The quantitative estimate of drug-likeness (QED) is 0.546. The summed E-state index contributed by atoms with van der Waals surface area (Å²) >= 11 is 0. The number of piperidine rings is 1. The number of rotatable bonds is 7. The number of methoxy groups -OCH3 is 1. The average Bonchev–Trinajstić information content (AvgIpc) is 2.62. The second-order valence-corrected chi connectivity index (χ2v) is 8.02. The van der Waals surface area contributed by atoms with E-state index in [1.54, 1.807) is 13.0 Å². The third-order valence-corrected chi connectivity index (χ3v) is 6.25. The molecule has 0 bridgehead atoms. The molecule has 1 saturated heterocycles. The van der Waals surface area contributed by atoms with E-state index in [1.807, 2.05) is 0 Å². The van der Waals surface area contributed by atoms with Gasteiger partial charge in [0, 0.05) is 19.7 Å². The van der Waals surface area contributed by atoms with Crippen molar-refractivity contribution in [3.63, 3.8) is 0 Å². The molecule has 1 aromatic rings. The van der Waals surface area contributed by atoms with Crippen LogP contribution in [-0.4, -0.2) is 58.1 Å². The Kier molecular flexibility index (Phi) is 8.99. The summed E-state index contributed by atoms with van der Waals surface area (Å²) < 4.78 is 37.6. The topological polar surface area (TPSA) is 98.9 Å². The molecule has 2 rings (SSSR count). The van der Waals surface area contributed by atoms with Gasteiger partial charge >= 0.3 is 5.97 Å². The summed E-state index contributed by atoms with van der Waals surface area (Å²) in [6, 6.07) is 4.54. The van der Waals surface area contributed by atoms with Gasteiger partial charge in [0.2, 0.25) is 10.0 Å². The van der Waals surface area contributed by atoms with Crippen molar-refractivity contribution in [3.05, 3.63) is 29.3 Å². The van der Waals surface area contributed by atoms with Crippen LogP contribution in [0.4, 0.5) is 0 Å². The minimum atomic E-state index is -3.64. The van der Waals surface area contributed by atoms with E-state index in [4.69, 9.17) is 15.2 Å². The number of hydrogen-bond acceptors (Lipinski definition) is 6. The van der Waals surface area contributed by atoms with Crippen LogP contribution in [0.3, 0.4) is 0 Å². The summed E-state index contributed by atoms with van der Waals surface area (Å²) in [7, 11) is -2.37. The SMILES string of the molecule is COC(=O)c1cc(S(=O)(=O)N2CCC(OCCCN)CC2)ccc1C.Cl. The Bertz CT molecular complexity index is 703. The maximum absolute atomic E-state index is 12.8. The monoisotopic (exact) mass is 406 g/mol. The van der Waals surface area contributed by atoms with Crippen molar-refractivity contribution in [3.8, 4) is 0 Å². The molecule has 0 saturated carbocycles. The molecule has 148 valence electrons. The number of ether oxygens (including phenoxy) is 2. The first-order valence-corrected chi connectivity index (χ1v) is 9.85. The Morgan fingerprint density at radius 2 is 1.96 bits per heavy atom. The Balaban J connectivity index is 0.00000338. The maximum atomic E-state index is 12.8. The van der Waals surface area contributed by atoms with Crippen LogP contribution in [0.1, 0.15) is 35.2 Å². The molecule has 26 heavy (non-hydrogen) atoms. The summed E-state index contributed by atoms with van der Waals surface area (Å²) in [5, 5.41) is 0. The number of carbonyl (C=O) groups excluding carboxylic acids is 1. The minimum Gasteiger partial charge on any atom is -0.465 e. The molecule has 0 amide bonds. The lowest BCUT2D eigenvalue weighted by molar-refractivity contribution is 0.0209. The van der Waals surface area contributed by atoms with Crippen molar-refractivity contribution in [1.29, 1.82) is 0 Å². The normalized spacial score (nSPS) is 16.1. The highest BCUT2D eigenvalue weighted by atomic mass is 35.5. The van der Waals surface area contributed by atoms with E-state index >= 15 is 0 Å². The number of nitrogens with zero attached hydrogens (tertiary/aromatic N) is 1. The Morgan fingerprint density at radius 3 is 2.54 bits per heavy atom. The number of sulfonamides is 1. The fourth-order valence-corrected chi connectivity index (χ4v) is 4.31. The Labute approximate surface area is 161 Å². The molecule has 7 nitrogen and oxygen atoms in total. The highest BCUT2D eigenvalue weighted by Crippen LogP contribution is 2.24. The van der Waals surface area contributed by atoms with Gasteiger partial charge in [-0.1, -0.05) is 6.07 Å². The van der Waals surface area contributed by atoms with Crippen LogP contribution in [0.15, 0.2) is 23.1 Å². The summed E-state index contributed by atoms with van der Waals surface area (Å²) in [5.41, 5.74) is 6.39. The number of carbonyl (C=O) groups is 1. The molecule has 1 aromatic carbocycles. The highest BCUT2D eigenvalue weighted by molar-refractivity contribution is 7.89. The number of halogens is 1. The van der Waals surface area contributed by atoms with Crippen LogP contribution in [0.2, 0.25) is 0 Å². The summed E-state index contributed by atoms with van der Waals surface area (Å²) in [6.45, 7) is 3.73. The van der Waals surface area contributed by atoms with E-state index in [0.29, 0.717) is 44.6 Å². The van der Waals surface area contributed by atoms with Crippen LogP contribution in [-0.2, 0) is 19.5 Å². The summed E-state index contributed by atoms with van der Waals surface area (Å²) in [5.74, 6) is -0.540. The molecule has 2 N–H and O–H groups in total. The van der Waals surface area contributed by atoms with Gasteiger partial charge in [-0.2, -0.15) is 4.31 Å². The molecule has 0 radical (unpaired) electrons. The first kappa shape index (κ1) is 22.9. The molecule has 1 aliphatic heterocycles. The van der Waals surface area contributed by atoms with Crippen LogP contribution in [0, 0.1) is 6.92 Å². The minimum absolute atomic E-state index is 0. The molecule has 1 heterocycles. The zero-order valence-electron chi connectivity index (χ0n) is 15.1. The third-order valence-electron chi connectivity index (χ3n) is 4.36. The van der Waals surface area contributed by atoms with Gasteiger partial charge in [-0.25, -0.2) is 13.2 Å². The van der Waals surface area contributed by atoms with Crippen molar-refractivity contribution in [1.82, 2.24) is 4.31 Å². The molecule has 0 aliphatic carbocycles. The maximum Gasteiger partial charge on any atom is 0.338 e. The molecule has 0 spiro atoms. The summed E-state index contributed by atoms with van der Waals surface area (Å²) in [4.78, 5) is 11.9. The fourth-order valence-electron chi connectivity index (χ4n) is 2.81. The van der Waals surface area contributed by atoms with Crippen molar-refractivity contribution in [2.45, 2.75) is 37.2 Å². The van der Waals surface area contributed by atoms with E-state index in [-0.39, 0.29) is 29.0 Å². The number of hydrogen-bond donors (Lipinski definition) is 1. The molecule has 1 fully saturated rings. The largest absolute Gasteiger partial charge is 0.465 e. The smallest absolute Gasteiger partial charge is 0.338 e. The first-order valence-electron chi connectivity index (χ1n) is 8.41. The lowest BCUT2D eigenvalue weighted by Gasteiger charge is -2.31. The molecular weight excluding hydrogens is 380 g/mol. The van der Waals surface area contributed by atoms with Gasteiger partial charge in [0.15, 0.2) is 0 Å². The van der Waals surface area contributed by atoms with Crippen molar-refractivity contribution < 1.29 is 22.7 Å². The van der Waals surface area contributed by atoms with E-state index in [9.17, 15) is 13.2 Å². The highest BCUT2D eigenvalue weighted by Gasteiger charge is 2.30. The third kappa shape index (κ3) is 5.40.